The summed E-state index contributed by atoms with van der Waals surface area (Å²) in [5.41, 5.74) is 1.86. The fraction of sp³-hybridized carbons (Fsp3) is 0.300. The van der Waals surface area contributed by atoms with Crippen LogP contribution in [0.3, 0.4) is 0 Å². The molecular weight excluding hydrogens is 521 g/mol. The van der Waals surface area contributed by atoms with Crippen LogP contribution in [-0.2, 0) is 12.1 Å². The van der Waals surface area contributed by atoms with E-state index < -0.39 is 5.60 Å². The average Bonchev–Trinajstić information content (AvgIpc) is 3.37. The fourth-order valence-corrected chi connectivity index (χ4v) is 3.53. The van der Waals surface area contributed by atoms with E-state index in [-0.39, 0.29) is 24.0 Å². The number of aliphatic imine (C=N–C) groups is 1. The van der Waals surface area contributed by atoms with Crippen molar-refractivity contribution in [3.05, 3.63) is 69.6 Å². The van der Waals surface area contributed by atoms with Crippen LogP contribution >= 0.6 is 46.9 Å². The van der Waals surface area contributed by atoms with Gasteiger partial charge in [-0.05, 0) is 60.5 Å². The molecule has 0 fully saturated rings. The second-order valence-electron chi connectivity index (χ2n) is 6.60. The molecule has 156 valence electrons. The minimum atomic E-state index is -0.963. The smallest absolute Gasteiger partial charge is 0.191 e. The maximum atomic E-state index is 10.7. The third kappa shape index (κ3) is 6.70. The Labute approximate surface area is 197 Å². The largest absolute Gasteiger partial charge is 0.384 e. The number of rotatable bonds is 7. The normalized spacial score (nSPS) is 13.4. The number of nitrogens with zero attached hydrogens (tertiary/aromatic N) is 3. The number of thiophene rings is 1. The topological polar surface area (TPSA) is 74.5 Å². The molecule has 2 heterocycles. The van der Waals surface area contributed by atoms with Crippen LogP contribution < -0.4 is 10.6 Å². The van der Waals surface area contributed by atoms with Gasteiger partial charge < -0.3 is 15.7 Å². The van der Waals surface area contributed by atoms with Crippen LogP contribution in [0.25, 0.3) is 5.69 Å². The summed E-state index contributed by atoms with van der Waals surface area (Å²) >= 11 is 7.50. The molecule has 2 aromatic heterocycles. The van der Waals surface area contributed by atoms with Gasteiger partial charge in [0.2, 0.25) is 0 Å². The van der Waals surface area contributed by atoms with E-state index in [0.717, 1.165) is 23.4 Å². The first-order valence-corrected chi connectivity index (χ1v) is 10.4. The molecule has 0 saturated carbocycles. The van der Waals surface area contributed by atoms with Crippen molar-refractivity contribution in [2.45, 2.75) is 26.0 Å². The summed E-state index contributed by atoms with van der Waals surface area (Å²) in [6.07, 6.45) is 3.74. The highest BCUT2D eigenvalue weighted by Crippen LogP contribution is 2.22. The van der Waals surface area contributed by atoms with Gasteiger partial charge in [0.1, 0.15) is 5.60 Å². The molecule has 3 N–H and O–H groups in total. The molecule has 1 aromatic carbocycles. The number of aliphatic hydroxyl groups is 1. The molecule has 3 aromatic rings. The Morgan fingerprint density at radius 3 is 2.69 bits per heavy atom. The zero-order valence-electron chi connectivity index (χ0n) is 16.3. The Morgan fingerprint density at radius 1 is 1.28 bits per heavy atom. The van der Waals surface area contributed by atoms with Gasteiger partial charge in [0.25, 0.3) is 0 Å². The number of aromatic nitrogens is 2. The van der Waals surface area contributed by atoms with E-state index in [0.29, 0.717) is 24.1 Å². The highest BCUT2D eigenvalue weighted by atomic mass is 127. The molecule has 1 atom stereocenters. The van der Waals surface area contributed by atoms with Crippen LogP contribution in [0.1, 0.15) is 25.0 Å². The Bertz CT molecular complexity index is 909. The molecule has 0 radical (unpaired) electrons. The summed E-state index contributed by atoms with van der Waals surface area (Å²) in [6, 6.07) is 9.44. The number of nitrogens with one attached hydrogen (secondary N) is 2. The van der Waals surface area contributed by atoms with Crippen LogP contribution in [0.5, 0.6) is 0 Å². The predicted molar refractivity (Wildman–Crippen MR) is 131 cm³/mol. The molecule has 0 saturated heterocycles. The summed E-state index contributed by atoms with van der Waals surface area (Å²) in [4.78, 5) is 4.60. The van der Waals surface area contributed by atoms with Crippen LogP contribution in [0, 0.1) is 0 Å². The van der Waals surface area contributed by atoms with E-state index in [4.69, 9.17) is 11.6 Å². The van der Waals surface area contributed by atoms with E-state index in [2.05, 4.69) is 20.7 Å². The molecular formula is C20H25ClIN5OS. The van der Waals surface area contributed by atoms with Crippen molar-refractivity contribution in [2.24, 2.45) is 4.99 Å². The lowest BCUT2D eigenvalue weighted by molar-refractivity contribution is 0.0621. The molecule has 0 aliphatic rings. The molecule has 0 aliphatic carbocycles. The Balaban J connectivity index is 0.00000300. The summed E-state index contributed by atoms with van der Waals surface area (Å²) in [5.74, 6) is 0.650. The molecule has 1 unspecified atom stereocenters. The predicted octanol–water partition coefficient (Wildman–Crippen LogP) is 4.17. The quantitative estimate of drug-likeness (QED) is 0.237. The molecule has 0 bridgehead atoms. The molecule has 0 aliphatic heterocycles. The van der Waals surface area contributed by atoms with Gasteiger partial charge in [-0.1, -0.05) is 11.6 Å². The van der Waals surface area contributed by atoms with E-state index in [1.165, 1.54) is 0 Å². The van der Waals surface area contributed by atoms with E-state index >= 15 is 0 Å². The monoisotopic (exact) mass is 545 g/mol. The lowest BCUT2D eigenvalue weighted by Crippen LogP contribution is -2.44. The summed E-state index contributed by atoms with van der Waals surface area (Å²) < 4.78 is 1.79. The zero-order chi connectivity index (χ0) is 20.0. The highest BCUT2D eigenvalue weighted by Gasteiger charge is 2.23. The molecule has 9 heteroatoms. The van der Waals surface area contributed by atoms with Crippen molar-refractivity contribution in [1.29, 1.82) is 0 Å². The van der Waals surface area contributed by atoms with Crippen molar-refractivity contribution in [1.82, 2.24) is 20.4 Å². The summed E-state index contributed by atoms with van der Waals surface area (Å²) in [7, 11) is 0. The number of benzene rings is 1. The minimum Gasteiger partial charge on any atom is -0.384 e. The van der Waals surface area contributed by atoms with Gasteiger partial charge >= 0.3 is 0 Å². The first kappa shape index (κ1) is 23.7. The molecule has 3 rings (SSSR count). The van der Waals surface area contributed by atoms with Gasteiger partial charge in [-0.15, -0.1) is 24.0 Å². The third-order valence-electron chi connectivity index (χ3n) is 4.23. The summed E-state index contributed by atoms with van der Waals surface area (Å²) in [6.45, 7) is 5.37. The van der Waals surface area contributed by atoms with Gasteiger partial charge in [0.15, 0.2) is 5.96 Å². The van der Waals surface area contributed by atoms with Crippen molar-refractivity contribution in [3.8, 4) is 5.69 Å². The second-order valence-corrected chi connectivity index (χ2v) is 7.82. The van der Waals surface area contributed by atoms with E-state index in [1.54, 1.807) is 29.1 Å². The molecule has 29 heavy (non-hydrogen) atoms. The fourth-order valence-electron chi connectivity index (χ4n) is 2.62. The van der Waals surface area contributed by atoms with Crippen molar-refractivity contribution in [2.75, 3.05) is 13.1 Å². The minimum absolute atomic E-state index is 0. The van der Waals surface area contributed by atoms with Crippen LogP contribution in [0.4, 0.5) is 0 Å². The first-order chi connectivity index (χ1) is 13.5. The third-order valence-corrected chi connectivity index (χ3v) is 5.17. The van der Waals surface area contributed by atoms with Crippen LogP contribution in [0.2, 0.25) is 5.02 Å². The number of hydrogen-bond donors (Lipinski definition) is 3. The number of halogens is 2. The Hall–Kier alpha value is -1.62. The molecule has 0 spiro atoms. The standard InChI is InChI=1S/C20H24ClN5OS.HI/c1-3-22-19(24-14-20(2,27)16-8-9-28-13-16)23-10-15-11-25-26(12-15)18-6-4-17(21)5-7-18;/h4-9,11-13,27H,3,10,14H2,1-2H3,(H2,22,23,24);1H. The Morgan fingerprint density at radius 2 is 2.03 bits per heavy atom. The lowest BCUT2D eigenvalue weighted by atomic mass is 9.99. The highest BCUT2D eigenvalue weighted by molar-refractivity contribution is 14.0. The van der Waals surface area contributed by atoms with Crippen molar-refractivity contribution >= 4 is 52.9 Å². The van der Waals surface area contributed by atoms with E-state index in [9.17, 15) is 5.11 Å². The van der Waals surface area contributed by atoms with Gasteiger partial charge in [0, 0.05) is 23.3 Å². The first-order valence-electron chi connectivity index (χ1n) is 9.04. The number of hydrogen-bond acceptors (Lipinski definition) is 4. The number of guanidine groups is 1. The maximum absolute atomic E-state index is 10.7. The van der Waals surface area contributed by atoms with E-state index in [1.807, 2.05) is 54.2 Å². The van der Waals surface area contributed by atoms with Crippen LogP contribution in [0.15, 0.2) is 58.5 Å². The molecule has 0 amide bonds. The van der Waals surface area contributed by atoms with Crippen molar-refractivity contribution < 1.29 is 5.11 Å². The SMILES string of the molecule is CCNC(=NCc1cnn(-c2ccc(Cl)cc2)c1)NCC(C)(O)c1ccsc1.I. The van der Waals surface area contributed by atoms with Gasteiger partial charge in [-0.3, -0.25) is 0 Å². The zero-order valence-corrected chi connectivity index (χ0v) is 20.2. The van der Waals surface area contributed by atoms with Gasteiger partial charge in [0.05, 0.1) is 25.0 Å². The van der Waals surface area contributed by atoms with Gasteiger partial charge in [-0.25, -0.2) is 9.67 Å². The van der Waals surface area contributed by atoms with Gasteiger partial charge in [-0.2, -0.15) is 16.4 Å². The molecule has 6 nitrogen and oxygen atoms in total. The Kier molecular flexibility index (Phi) is 8.94. The lowest BCUT2D eigenvalue weighted by Gasteiger charge is -2.24. The summed E-state index contributed by atoms with van der Waals surface area (Å²) in [5, 5.41) is 26.1. The average molecular weight is 546 g/mol. The van der Waals surface area contributed by atoms with Crippen LogP contribution in [-0.4, -0.2) is 33.9 Å². The maximum Gasteiger partial charge on any atom is 0.191 e. The van der Waals surface area contributed by atoms with Crippen molar-refractivity contribution in [3.63, 3.8) is 0 Å². The second kappa shape index (κ2) is 11.0.